The highest BCUT2D eigenvalue weighted by atomic mass is 16.2. The van der Waals surface area contributed by atoms with Crippen molar-refractivity contribution >= 4 is 17.6 Å². The normalized spacial score (nSPS) is 17.8. The molecular formula is C27H35N5O2. The van der Waals surface area contributed by atoms with E-state index in [9.17, 15) is 14.9 Å². The first kappa shape index (κ1) is 24.0. The van der Waals surface area contributed by atoms with Crippen LogP contribution in [0.15, 0.2) is 30.3 Å². The van der Waals surface area contributed by atoms with Crippen LogP contribution in [-0.2, 0) is 9.59 Å². The number of piperidine rings is 1. The van der Waals surface area contributed by atoms with Crippen LogP contribution in [0.5, 0.6) is 0 Å². The highest BCUT2D eigenvalue weighted by molar-refractivity contribution is 5.93. The van der Waals surface area contributed by atoms with E-state index in [1.807, 2.05) is 48.7 Å². The third-order valence-electron chi connectivity index (χ3n) is 7.37. The number of hydrogen-bond acceptors (Lipinski definition) is 4. The predicted octanol–water partition coefficient (Wildman–Crippen LogP) is 4.07. The molecule has 4 rings (SSSR count). The van der Waals surface area contributed by atoms with Crippen LogP contribution in [0.3, 0.4) is 0 Å². The maximum Gasteiger partial charge on any atom is 0.239 e. The molecule has 1 saturated carbocycles. The number of likely N-dealkylation sites (tertiary alicyclic amines) is 1. The van der Waals surface area contributed by atoms with Gasteiger partial charge in [-0.15, -0.1) is 0 Å². The lowest BCUT2D eigenvalue weighted by Gasteiger charge is -2.33. The van der Waals surface area contributed by atoms with Gasteiger partial charge in [-0.05, 0) is 57.2 Å². The second kappa shape index (κ2) is 10.9. The van der Waals surface area contributed by atoms with Gasteiger partial charge in [-0.3, -0.25) is 19.1 Å². The molecule has 1 saturated heterocycles. The zero-order valence-corrected chi connectivity index (χ0v) is 20.3. The summed E-state index contributed by atoms with van der Waals surface area (Å²) in [4.78, 5) is 27.6. The average molecular weight is 462 g/mol. The quantitative estimate of drug-likeness (QED) is 0.679. The third kappa shape index (κ3) is 5.34. The molecule has 2 heterocycles. The molecule has 2 aliphatic rings. The number of para-hydroxylation sites is 1. The van der Waals surface area contributed by atoms with Gasteiger partial charge in [0.2, 0.25) is 11.8 Å². The van der Waals surface area contributed by atoms with E-state index >= 15 is 0 Å². The molecule has 0 spiro atoms. The van der Waals surface area contributed by atoms with Crippen LogP contribution in [0.4, 0.5) is 5.82 Å². The summed E-state index contributed by atoms with van der Waals surface area (Å²) in [5.74, 6) is 0.797. The zero-order valence-electron chi connectivity index (χ0n) is 20.3. The van der Waals surface area contributed by atoms with Crippen LogP contribution >= 0.6 is 0 Å². The van der Waals surface area contributed by atoms with E-state index in [4.69, 9.17) is 0 Å². The fourth-order valence-corrected chi connectivity index (χ4v) is 5.25. The predicted molar refractivity (Wildman–Crippen MR) is 133 cm³/mol. The Morgan fingerprint density at radius 3 is 2.35 bits per heavy atom. The largest absolute Gasteiger partial charge is 0.353 e. The van der Waals surface area contributed by atoms with Crippen LogP contribution in [0.25, 0.3) is 5.69 Å². The highest BCUT2D eigenvalue weighted by Crippen LogP contribution is 2.30. The number of carbonyl (C=O) groups excluding carboxylic acids is 2. The lowest BCUT2D eigenvalue weighted by molar-refractivity contribution is -0.127. The van der Waals surface area contributed by atoms with Crippen molar-refractivity contribution in [2.75, 3.05) is 25.0 Å². The molecule has 0 atom stereocenters. The fourth-order valence-electron chi connectivity index (χ4n) is 5.25. The Balaban J connectivity index is 1.35. The fraction of sp³-hybridized carbons (Fsp3) is 0.519. The van der Waals surface area contributed by atoms with Crippen molar-refractivity contribution < 1.29 is 9.59 Å². The molecular weight excluding hydrogens is 426 g/mol. The number of nitrogens with one attached hydrogen (secondary N) is 2. The van der Waals surface area contributed by atoms with E-state index in [1.54, 1.807) is 0 Å². The number of amides is 2. The second-order valence-corrected chi connectivity index (χ2v) is 9.66. The summed E-state index contributed by atoms with van der Waals surface area (Å²) < 4.78 is 1.94. The molecule has 0 radical (unpaired) electrons. The van der Waals surface area contributed by atoms with Gasteiger partial charge in [-0.1, -0.05) is 37.5 Å². The van der Waals surface area contributed by atoms with Gasteiger partial charge in [-0.25, -0.2) is 0 Å². The molecule has 7 heteroatoms. The lowest BCUT2D eigenvalue weighted by atomic mass is 9.88. The molecule has 2 fully saturated rings. The van der Waals surface area contributed by atoms with E-state index in [1.165, 1.54) is 6.42 Å². The van der Waals surface area contributed by atoms with Crippen molar-refractivity contribution in [1.29, 1.82) is 5.26 Å². The van der Waals surface area contributed by atoms with Gasteiger partial charge in [0.05, 0.1) is 12.1 Å². The molecule has 1 aliphatic heterocycles. The molecule has 1 aromatic carbocycles. The molecule has 2 N–H and O–H groups in total. The average Bonchev–Trinajstić information content (AvgIpc) is 3.09. The molecule has 180 valence electrons. The Morgan fingerprint density at radius 2 is 1.71 bits per heavy atom. The highest BCUT2D eigenvalue weighted by Gasteiger charge is 2.27. The van der Waals surface area contributed by atoms with Crippen LogP contribution < -0.4 is 10.6 Å². The first-order valence-electron chi connectivity index (χ1n) is 12.5. The maximum atomic E-state index is 13.0. The van der Waals surface area contributed by atoms with Gasteiger partial charge >= 0.3 is 0 Å². The number of nitriles is 1. The van der Waals surface area contributed by atoms with Crippen molar-refractivity contribution in [3.05, 3.63) is 47.2 Å². The number of carbonyl (C=O) groups is 2. The topological polar surface area (TPSA) is 90.2 Å². The summed E-state index contributed by atoms with van der Waals surface area (Å²) in [6.45, 7) is 5.69. The van der Waals surface area contributed by atoms with E-state index in [0.717, 1.165) is 68.6 Å². The Labute approximate surface area is 202 Å². The summed E-state index contributed by atoms with van der Waals surface area (Å²) in [5, 5.41) is 16.0. The van der Waals surface area contributed by atoms with Gasteiger partial charge in [0, 0.05) is 36.4 Å². The molecule has 1 aliphatic carbocycles. The molecule has 2 aromatic rings. The SMILES string of the molecule is Cc1c(C#N)c(NC(=O)CN2CCC(NC(=O)C3CCCCC3)CC2)n(-c2ccccc2)c1C. The van der Waals surface area contributed by atoms with E-state index < -0.39 is 0 Å². The second-order valence-electron chi connectivity index (χ2n) is 9.66. The molecule has 1 aromatic heterocycles. The molecule has 34 heavy (non-hydrogen) atoms. The number of nitrogens with zero attached hydrogens (tertiary/aromatic N) is 3. The van der Waals surface area contributed by atoms with E-state index in [0.29, 0.717) is 11.4 Å². The van der Waals surface area contributed by atoms with E-state index in [-0.39, 0.29) is 30.3 Å². The number of hydrogen-bond donors (Lipinski definition) is 2. The first-order chi connectivity index (χ1) is 16.5. The summed E-state index contributed by atoms with van der Waals surface area (Å²) >= 11 is 0. The van der Waals surface area contributed by atoms with Crippen molar-refractivity contribution in [2.45, 2.75) is 64.8 Å². The molecule has 0 unspecified atom stereocenters. The van der Waals surface area contributed by atoms with Gasteiger partial charge in [-0.2, -0.15) is 5.26 Å². The number of anilines is 1. The molecule has 2 amide bonds. The standard InChI is InChI=1S/C27H35N5O2/c1-19-20(2)32(23-11-7-4-8-12-23)26(24(19)17-28)30-25(33)18-31-15-13-22(14-16-31)29-27(34)21-9-5-3-6-10-21/h4,7-8,11-12,21-22H,3,5-6,9-10,13-16,18H2,1-2H3,(H,29,34)(H,30,33). The summed E-state index contributed by atoms with van der Waals surface area (Å²) in [6, 6.07) is 12.2. The minimum Gasteiger partial charge on any atom is -0.353 e. The summed E-state index contributed by atoms with van der Waals surface area (Å²) in [6.07, 6.45) is 7.30. The summed E-state index contributed by atoms with van der Waals surface area (Å²) in [5.41, 5.74) is 3.22. The van der Waals surface area contributed by atoms with Crippen LogP contribution in [0.1, 0.15) is 61.8 Å². The van der Waals surface area contributed by atoms with Gasteiger partial charge in [0.15, 0.2) is 0 Å². The van der Waals surface area contributed by atoms with Crippen molar-refractivity contribution in [3.8, 4) is 11.8 Å². The van der Waals surface area contributed by atoms with Crippen LogP contribution in [0.2, 0.25) is 0 Å². The van der Waals surface area contributed by atoms with Crippen molar-refractivity contribution in [3.63, 3.8) is 0 Å². The van der Waals surface area contributed by atoms with Gasteiger partial charge in [0.25, 0.3) is 0 Å². The van der Waals surface area contributed by atoms with E-state index in [2.05, 4.69) is 21.6 Å². The van der Waals surface area contributed by atoms with Crippen LogP contribution in [-0.4, -0.2) is 47.0 Å². The van der Waals surface area contributed by atoms with Gasteiger partial charge < -0.3 is 10.6 Å². The Kier molecular flexibility index (Phi) is 7.69. The summed E-state index contributed by atoms with van der Waals surface area (Å²) in [7, 11) is 0. The minimum atomic E-state index is -0.129. The van der Waals surface area contributed by atoms with Crippen LogP contribution in [0, 0.1) is 31.1 Å². The maximum absolute atomic E-state index is 13.0. The zero-order chi connectivity index (χ0) is 24.1. The van der Waals surface area contributed by atoms with Crippen molar-refractivity contribution in [2.24, 2.45) is 5.92 Å². The van der Waals surface area contributed by atoms with Crippen molar-refractivity contribution in [1.82, 2.24) is 14.8 Å². The lowest BCUT2D eigenvalue weighted by Crippen LogP contribution is -2.48. The third-order valence-corrected chi connectivity index (χ3v) is 7.37. The monoisotopic (exact) mass is 461 g/mol. The number of rotatable bonds is 6. The molecule has 7 nitrogen and oxygen atoms in total. The Morgan fingerprint density at radius 1 is 1.03 bits per heavy atom. The Bertz CT molecular complexity index is 1050. The molecule has 0 bridgehead atoms. The van der Waals surface area contributed by atoms with Gasteiger partial charge in [0.1, 0.15) is 11.9 Å². The number of aromatic nitrogens is 1. The minimum absolute atomic E-state index is 0.129. The number of benzene rings is 1. The first-order valence-corrected chi connectivity index (χ1v) is 12.5. The Hall–Kier alpha value is -3.11. The smallest absolute Gasteiger partial charge is 0.239 e.